The van der Waals surface area contributed by atoms with E-state index in [9.17, 15) is 9.59 Å². The highest BCUT2D eigenvalue weighted by Gasteiger charge is 2.03. The molecule has 0 heterocycles. The van der Waals surface area contributed by atoms with E-state index in [4.69, 9.17) is 0 Å². The van der Waals surface area contributed by atoms with Crippen molar-refractivity contribution in [2.24, 2.45) is 0 Å². The second-order valence-corrected chi connectivity index (χ2v) is 9.10. The van der Waals surface area contributed by atoms with Crippen LogP contribution in [0.25, 0.3) is 0 Å². The van der Waals surface area contributed by atoms with Crippen molar-refractivity contribution in [3.8, 4) is 0 Å². The van der Waals surface area contributed by atoms with Gasteiger partial charge in [-0.2, -0.15) is 0 Å². The molecule has 0 aliphatic rings. The number of unbranched alkanes of at least 4 members (excludes halogenated alkanes) is 16. The quantitative estimate of drug-likeness (QED) is 0.169. The maximum atomic E-state index is 12.0. The molecular weight excluding hydrogens is 384 g/mol. The molecule has 0 radical (unpaired) electrons. The lowest BCUT2D eigenvalue weighted by atomic mass is 10.1. The molecule has 0 aromatic rings. The first-order valence-corrected chi connectivity index (χ1v) is 13.4. The summed E-state index contributed by atoms with van der Waals surface area (Å²) in [5.74, 6) is 0.0837. The van der Waals surface area contributed by atoms with Crippen LogP contribution in [0.1, 0.15) is 149 Å². The van der Waals surface area contributed by atoms with Crippen LogP contribution in [0.3, 0.4) is 0 Å². The van der Waals surface area contributed by atoms with Crippen LogP contribution in [-0.4, -0.2) is 11.8 Å². The fourth-order valence-corrected chi connectivity index (χ4v) is 3.77. The van der Waals surface area contributed by atoms with Crippen LogP contribution in [0.15, 0.2) is 11.9 Å². The molecule has 0 saturated carbocycles. The zero-order valence-corrected chi connectivity index (χ0v) is 21.0. The molecule has 4 heteroatoms. The first-order valence-electron chi connectivity index (χ1n) is 13.4. The molecule has 0 unspecified atom stereocenters. The number of amides is 2. The van der Waals surface area contributed by atoms with Gasteiger partial charge in [0.25, 0.3) is 0 Å². The predicted octanol–water partition coefficient (Wildman–Crippen LogP) is 7.92. The van der Waals surface area contributed by atoms with Crippen LogP contribution in [-0.2, 0) is 9.59 Å². The van der Waals surface area contributed by atoms with Gasteiger partial charge in [0.05, 0.1) is 0 Å². The first-order chi connectivity index (χ1) is 15.1. The summed E-state index contributed by atoms with van der Waals surface area (Å²) in [6.45, 7) is 6.32. The minimum atomic E-state index is 0.0375. The number of rotatable bonds is 22. The van der Waals surface area contributed by atoms with E-state index in [0.29, 0.717) is 18.5 Å². The minimum absolute atomic E-state index is 0.0375. The van der Waals surface area contributed by atoms with Crippen molar-refractivity contribution in [1.29, 1.82) is 0 Å². The molecule has 0 saturated heterocycles. The Kier molecular flexibility index (Phi) is 22.4. The molecule has 0 aliphatic heterocycles. The van der Waals surface area contributed by atoms with Crippen molar-refractivity contribution in [3.63, 3.8) is 0 Å². The molecule has 0 rings (SSSR count). The SMILES string of the molecule is CCCCCCCCCCCC(=O)N/C=C(\C)NC(=O)CCCCCCCCCCC. The van der Waals surface area contributed by atoms with Gasteiger partial charge in [0.2, 0.25) is 11.8 Å². The van der Waals surface area contributed by atoms with Gasteiger partial charge >= 0.3 is 0 Å². The zero-order chi connectivity index (χ0) is 23.0. The van der Waals surface area contributed by atoms with Crippen molar-refractivity contribution in [3.05, 3.63) is 11.9 Å². The first kappa shape index (κ1) is 29.7. The lowest BCUT2D eigenvalue weighted by molar-refractivity contribution is -0.121. The van der Waals surface area contributed by atoms with Gasteiger partial charge < -0.3 is 10.6 Å². The lowest BCUT2D eigenvalue weighted by Crippen LogP contribution is -2.24. The van der Waals surface area contributed by atoms with Crippen LogP contribution in [0.2, 0.25) is 0 Å². The van der Waals surface area contributed by atoms with Crippen LogP contribution in [0.4, 0.5) is 0 Å². The molecule has 0 spiro atoms. The van der Waals surface area contributed by atoms with E-state index in [2.05, 4.69) is 24.5 Å². The zero-order valence-electron chi connectivity index (χ0n) is 21.0. The Morgan fingerprint density at radius 2 is 0.903 bits per heavy atom. The number of nitrogens with one attached hydrogen (secondary N) is 2. The Morgan fingerprint density at radius 1 is 0.548 bits per heavy atom. The maximum Gasteiger partial charge on any atom is 0.224 e. The molecule has 31 heavy (non-hydrogen) atoms. The minimum Gasteiger partial charge on any atom is -0.331 e. The molecule has 0 atom stereocenters. The van der Waals surface area contributed by atoms with Gasteiger partial charge in [-0.15, -0.1) is 0 Å². The van der Waals surface area contributed by atoms with Gasteiger partial charge in [-0.25, -0.2) is 0 Å². The molecule has 4 nitrogen and oxygen atoms in total. The molecule has 0 bridgehead atoms. The second-order valence-electron chi connectivity index (χ2n) is 9.10. The third-order valence-corrected chi connectivity index (χ3v) is 5.80. The van der Waals surface area contributed by atoms with Crippen molar-refractivity contribution in [2.45, 2.75) is 149 Å². The highest BCUT2D eigenvalue weighted by Crippen LogP contribution is 2.11. The van der Waals surface area contributed by atoms with E-state index in [1.165, 1.54) is 89.9 Å². The van der Waals surface area contributed by atoms with Crippen LogP contribution >= 0.6 is 0 Å². The molecule has 0 aromatic heterocycles. The lowest BCUT2D eigenvalue weighted by Gasteiger charge is -2.07. The van der Waals surface area contributed by atoms with Gasteiger partial charge in [-0.1, -0.05) is 117 Å². The average Bonchev–Trinajstić information content (AvgIpc) is 2.75. The fraction of sp³-hybridized carbons (Fsp3) is 0.852. The smallest absolute Gasteiger partial charge is 0.224 e. The van der Waals surface area contributed by atoms with Crippen LogP contribution in [0.5, 0.6) is 0 Å². The molecule has 0 aromatic carbocycles. The number of allylic oxidation sites excluding steroid dienone is 1. The molecule has 2 N–H and O–H groups in total. The topological polar surface area (TPSA) is 58.2 Å². The van der Waals surface area contributed by atoms with E-state index in [1.807, 2.05) is 6.92 Å². The summed E-state index contributed by atoms with van der Waals surface area (Å²) in [7, 11) is 0. The third kappa shape index (κ3) is 23.2. The van der Waals surface area contributed by atoms with E-state index >= 15 is 0 Å². The largest absolute Gasteiger partial charge is 0.331 e. The van der Waals surface area contributed by atoms with E-state index < -0.39 is 0 Å². The monoisotopic (exact) mass is 436 g/mol. The van der Waals surface area contributed by atoms with Crippen molar-refractivity contribution < 1.29 is 9.59 Å². The Hall–Kier alpha value is -1.32. The normalized spacial score (nSPS) is 11.5. The van der Waals surface area contributed by atoms with E-state index in [-0.39, 0.29) is 11.8 Å². The van der Waals surface area contributed by atoms with Crippen molar-refractivity contribution in [2.75, 3.05) is 0 Å². The summed E-state index contributed by atoms with van der Waals surface area (Å²) in [6, 6.07) is 0. The van der Waals surface area contributed by atoms with Gasteiger partial charge in [0, 0.05) is 24.7 Å². The van der Waals surface area contributed by atoms with E-state index in [0.717, 1.165) is 25.7 Å². The Bertz CT molecular complexity index is 460. The highest BCUT2D eigenvalue weighted by atomic mass is 16.2. The number of hydrogen-bond acceptors (Lipinski definition) is 2. The summed E-state index contributed by atoms with van der Waals surface area (Å²) >= 11 is 0. The third-order valence-electron chi connectivity index (χ3n) is 5.80. The van der Waals surface area contributed by atoms with Gasteiger partial charge in [-0.3, -0.25) is 9.59 Å². The average molecular weight is 437 g/mol. The Labute approximate surface area is 193 Å². The Morgan fingerprint density at radius 3 is 1.32 bits per heavy atom. The van der Waals surface area contributed by atoms with Crippen LogP contribution in [0, 0.1) is 0 Å². The number of carbonyl (C=O) groups excluding carboxylic acids is 2. The van der Waals surface area contributed by atoms with E-state index in [1.54, 1.807) is 6.20 Å². The summed E-state index contributed by atoms with van der Waals surface area (Å²) in [5, 5.41) is 5.68. The van der Waals surface area contributed by atoms with Gasteiger partial charge in [-0.05, 0) is 19.8 Å². The second kappa shape index (κ2) is 23.3. The summed E-state index contributed by atoms with van der Waals surface area (Å²) < 4.78 is 0. The molecule has 0 fully saturated rings. The fourth-order valence-electron chi connectivity index (χ4n) is 3.77. The summed E-state index contributed by atoms with van der Waals surface area (Å²) in [6.07, 6.45) is 25.3. The number of hydrogen-bond donors (Lipinski definition) is 2. The Balaban J connectivity index is 3.58. The summed E-state index contributed by atoms with van der Waals surface area (Å²) in [5.41, 5.74) is 0.710. The highest BCUT2D eigenvalue weighted by molar-refractivity contribution is 5.79. The van der Waals surface area contributed by atoms with Gasteiger partial charge in [0.1, 0.15) is 0 Å². The standard InChI is InChI=1S/C27H52N2O2/c1-4-6-8-10-12-14-16-18-20-22-26(30)28-24-25(3)29-27(31)23-21-19-17-15-13-11-9-7-5-2/h24H,4-23H2,1-3H3,(H,28,30)(H,29,31)/b25-24+. The van der Waals surface area contributed by atoms with Crippen molar-refractivity contribution in [1.82, 2.24) is 10.6 Å². The maximum absolute atomic E-state index is 12.0. The van der Waals surface area contributed by atoms with Crippen molar-refractivity contribution >= 4 is 11.8 Å². The van der Waals surface area contributed by atoms with Crippen LogP contribution < -0.4 is 10.6 Å². The summed E-state index contributed by atoms with van der Waals surface area (Å²) in [4.78, 5) is 23.9. The molecule has 0 aliphatic carbocycles. The predicted molar refractivity (Wildman–Crippen MR) is 134 cm³/mol. The molecular formula is C27H52N2O2. The van der Waals surface area contributed by atoms with Gasteiger partial charge in [0.15, 0.2) is 0 Å². The number of carbonyl (C=O) groups is 2. The molecule has 2 amide bonds. The molecule has 182 valence electrons.